The predicted octanol–water partition coefficient (Wildman–Crippen LogP) is 0.395. The van der Waals surface area contributed by atoms with Crippen molar-refractivity contribution in [1.82, 2.24) is 4.90 Å². The van der Waals surface area contributed by atoms with E-state index in [1.807, 2.05) is 13.8 Å². The number of rotatable bonds is 3. The highest BCUT2D eigenvalue weighted by Crippen LogP contribution is 2.09. The Hall–Kier alpha value is -0.610. The van der Waals surface area contributed by atoms with Crippen molar-refractivity contribution in [1.29, 1.82) is 0 Å². The summed E-state index contributed by atoms with van der Waals surface area (Å²) in [6, 6.07) is 0. The van der Waals surface area contributed by atoms with Gasteiger partial charge >= 0.3 is 0 Å². The summed E-state index contributed by atoms with van der Waals surface area (Å²) < 4.78 is 5.22. The number of aliphatic hydroxyl groups excluding tert-OH is 1. The lowest BCUT2D eigenvalue weighted by Crippen LogP contribution is -2.44. The van der Waals surface area contributed by atoms with Crippen LogP contribution in [0.5, 0.6) is 0 Å². The molecule has 0 saturated carbocycles. The second-order valence-electron chi connectivity index (χ2n) is 4.00. The summed E-state index contributed by atoms with van der Waals surface area (Å²) in [6.07, 6.45) is 1.41. The van der Waals surface area contributed by atoms with E-state index in [-0.39, 0.29) is 24.7 Å². The molecule has 1 aliphatic heterocycles. The average Bonchev–Trinajstić information content (AvgIpc) is 2.14. The molecule has 0 spiro atoms. The zero-order valence-corrected chi connectivity index (χ0v) is 8.90. The minimum atomic E-state index is -0.355. The largest absolute Gasteiger partial charge is 0.391 e. The molecule has 0 radical (unpaired) electrons. The van der Waals surface area contributed by atoms with Gasteiger partial charge in [0.15, 0.2) is 0 Å². The van der Waals surface area contributed by atoms with E-state index in [9.17, 15) is 9.90 Å². The lowest BCUT2D eigenvalue weighted by atomic mass is 10.1. The van der Waals surface area contributed by atoms with Crippen LogP contribution < -0.4 is 0 Å². The SMILES string of the molecule is CC(C)OCC(=O)N1CCCC(O)C1. The molecule has 1 amide bonds. The Labute approximate surface area is 84.8 Å². The maximum Gasteiger partial charge on any atom is 0.248 e. The average molecular weight is 201 g/mol. The highest BCUT2D eigenvalue weighted by atomic mass is 16.5. The molecule has 82 valence electrons. The highest BCUT2D eigenvalue weighted by molar-refractivity contribution is 5.77. The molecule has 14 heavy (non-hydrogen) atoms. The first-order valence-electron chi connectivity index (χ1n) is 5.17. The van der Waals surface area contributed by atoms with Crippen molar-refractivity contribution >= 4 is 5.91 Å². The van der Waals surface area contributed by atoms with Crippen LogP contribution in [0, 0.1) is 0 Å². The fourth-order valence-electron chi connectivity index (χ4n) is 1.51. The van der Waals surface area contributed by atoms with Crippen LogP contribution in [-0.4, -0.2) is 47.8 Å². The van der Waals surface area contributed by atoms with Gasteiger partial charge in [-0.05, 0) is 26.7 Å². The van der Waals surface area contributed by atoms with Gasteiger partial charge in [-0.3, -0.25) is 4.79 Å². The van der Waals surface area contributed by atoms with Crippen LogP contribution >= 0.6 is 0 Å². The standard InChI is InChI=1S/C10H19NO3/c1-8(2)14-7-10(13)11-5-3-4-9(12)6-11/h8-9,12H,3-7H2,1-2H3. The first kappa shape index (κ1) is 11.5. The number of β-amino-alcohol motifs (C(OH)–C–C–N with tert-alkyl or cyclic N) is 1. The van der Waals surface area contributed by atoms with Crippen molar-refractivity contribution in [3.05, 3.63) is 0 Å². The van der Waals surface area contributed by atoms with E-state index in [1.165, 1.54) is 0 Å². The number of nitrogens with zero attached hydrogens (tertiary/aromatic N) is 1. The molecule has 0 bridgehead atoms. The monoisotopic (exact) mass is 201 g/mol. The number of piperidine rings is 1. The molecule has 1 unspecified atom stereocenters. The Morgan fingerprint density at radius 1 is 1.64 bits per heavy atom. The van der Waals surface area contributed by atoms with Crippen LogP contribution in [0.25, 0.3) is 0 Å². The smallest absolute Gasteiger partial charge is 0.248 e. The molecule has 4 nitrogen and oxygen atoms in total. The van der Waals surface area contributed by atoms with E-state index in [2.05, 4.69) is 0 Å². The maximum absolute atomic E-state index is 11.5. The van der Waals surface area contributed by atoms with E-state index < -0.39 is 0 Å². The highest BCUT2D eigenvalue weighted by Gasteiger charge is 2.21. The van der Waals surface area contributed by atoms with Crippen LogP contribution in [0.15, 0.2) is 0 Å². The molecule has 1 atom stereocenters. The van der Waals surface area contributed by atoms with Gasteiger partial charge in [-0.15, -0.1) is 0 Å². The van der Waals surface area contributed by atoms with Gasteiger partial charge in [-0.1, -0.05) is 0 Å². The third-order valence-corrected chi connectivity index (χ3v) is 2.29. The Morgan fingerprint density at radius 2 is 2.36 bits per heavy atom. The molecule has 1 heterocycles. The normalized spacial score (nSPS) is 22.9. The van der Waals surface area contributed by atoms with Crippen molar-refractivity contribution < 1.29 is 14.6 Å². The van der Waals surface area contributed by atoms with Gasteiger partial charge in [0.25, 0.3) is 0 Å². The number of ether oxygens (including phenoxy) is 1. The Kier molecular flexibility index (Phi) is 4.35. The van der Waals surface area contributed by atoms with Gasteiger partial charge in [0.1, 0.15) is 6.61 Å². The number of aliphatic hydroxyl groups is 1. The van der Waals surface area contributed by atoms with Gasteiger partial charge in [0.05, 0.1) is 12.2 Å². The fraction of sp³-hybridized carbons (Fsp3) is 0.900. The molecule has 0 aromatic carbocycles. The zero-order valence-electron chi connectivity index (χ0n) is 8.90. The number of carbonyl (C=O) groups excluding carboxylic acids is 1. The van der Waals surface area contributed by atoms with E-state index in [4.69, 9.17) is 4.74 Å². The van der Waals surface area contributed by atoms with Gasteiger partial charge in [0, 0.05) is 13.1 Å². The third kappa shape index (κ3) is 3.64. The first-order valence-corrected chi connectivity index (χ1v) is 5.17. The summed E-state index contributed by atoms with van der Waals surface area (Å²) in [5, 5.41) is 9.37. The molecule has 1 aliphatic rings. The molecule has 0 aromatic heterocycles. The zero-order chi connectivity index (χ0) is 10.6. The van der Waals surface area contributed by atoms with E-state index in [0.29, 0.717) is 6.54 Å². The minimum Gasteiger partial charge on any atom is -0.391 e. The molecule has 1 rings (SSSR count). The number of hydrogen-bond donors (Lipinski definition) is 1. The topological polar surface area (TPSA) is 49.8 Å². The van der Waals surface area contributed by atoms with Crippen LogP contribution in [0.1, 0.15) is 26.7 Å². The fourth-order valence-corrected chi connectivity index (χ4v) is 1.51. The lowest BCUT2D eigenvalue weighted by molar-refractivity contribution is -0.140. The lowest BCUT2D eigenvalue weighted by Gasteiger charge is -2.30. The van der Waals surface area contributed by atoms with Crippen molar-refractivity contribution in [3.63, 3.8) is 0 Å². The molecule has 0 aromatic rings. The molecular weight excluding hydrogens is 182 g/mol. The Morgan fingerprint density at radius 3 is 2.93 bits per heavy atom. The van der Waals surface area contributed by atoms with E-state index in [0.717, 1.165) is 19.4 Å². The first-order chi connectivity index (χ1) is 6.59. The molecule has 1 N–H and O–H groups in total. The Bertz CT molecular complexity index is 194. The van der Waals surface area contributed by atoms with Gasteiger partial charge < -0.3 is 14.7 Å². The maximum atomic E-state index is 11.5. The van der Waals surface area contributed by atoms with E-state index in [1.54, 1.807) is 4.90 Å². The van der Waals surface area contributed by atoms with E-state index >= 15 is 0 Å². The summed E-state index contributed by atoms with van der Waals surface area (Å²) in [7, 11) is 0. The van der Waals surface area contributed by atoms with Crippen LogP contribution in [-0.2, 0) is 9.53 Å². The summed E-state index contributed by atoms with van der Waals surface area (Å²) in [5.41, 5.74) is 0. The second kappa shape index (κ2) is 5.32. The molecular formula is C10H19NO3. The summed E-state index contributed by atoms with van der Waals surface area (Å²) >= 11 is 0. The molecule has 4 heteroatoms. The Balaban J connectivity index is 2.29. The van der Waals surface area contributed by atoms with Crippen molar-refractivity contribution in [3.8, 4) is 0 Å². The van der Waals surface area contributed by atoms with Crippen LogP contribution in [0.3, 0.4) is 0 Å². The summed E-state index contributed by atoms with van der Waals surface area (Å²) in [5.74, 6) is -0.0162. The molecule has 0 aliphatic carbocycles. The van der Waals surface area contributed by atoms with Gasteiger partial charge in [-0.25, -0.2) is 0 Å². The van der Waals surface area contributed by atoms with Crippen molar-refractivity contribution in [2.24, 2.45) is 0 Å². The van der Waals surface area contributed by atoms with Crippen molar-refractivity contribution in [2.45, 2.75) is 38.9 Å². The number of carbonyl (C=O) groups is 1. The van der Waals surface area contributed by atoms with Gasteiger partial charge in [-0.2, -0.15) is 0 Å². The molecule has 1 fully saturated rings. The minimum absolute atomic E-state index is 0.0162. The predicted molar refractivity (Wildman–Crippen MR) is 52.9 cm³/mol. The summed E-state index contributed by atoms with van der Waals surface area (Å²) in [6.45, 7) is 5.14. The van der Waals surface area contributed by atoms with Gasteiger partial charge in [0.2, 0.25) is 5.91 Å². The second-order valence-corrected chi connectivity index (χ2v) is 4.00. The third-order valence-electron chi connectivity index (χ3n) is 2.29. The summed E-state index contributed by atoms with van der Waals surface area (Å²) in [4.78, 5) is 13.2. The van der Waals surface area contributed by atoms with Crippen LogP contribution in [0.4, 0.5) is 0 Å². The number of likely N-dealkylation sites (tertiary alicyclic amines) is 1. The number of hydrogen-bond acceptors (Lipinski definition) is 3. The molecule has 1 saturated heterocycles. The van der Waals surface area contributed by atoms with Crippen molar-refractivity contribution in [2.75, 3.05) is 19.7 Å². The van der Waals surface area contributed by atoms with Crippen LogP contribution in [0.2, 0.25) is 0 Å². The quantitative estimate of drug-likeness (QED) is 0.719. The number of amides is 1.